The van der Waals surface area contributed by atoms with E-state index in [0.717, 1.165) is 0 Å². The first-order chi connectivity index (χ1) is 14.4. The van der Waals surface area contributed by atoms with Gasteiger partial charge in [0.15, 0.2) is 0 Å². The molecule has 11 heteroatoms. The van der Waals surface area contributed by atoms with E-state index in [9.17, 15) is 31.2 Å². The van der Waals surface area contributed by atoms with Crippen LogP contribution in [0.1, 0.15) is 39.6 Å². The number of hydrogen-bond donors (Lipinski definition) is 3. The Morgan fingerprint density at radius 1 is 1.00 bits per heavy atom. The first-order valence-corrected chi connectivity index (χ1v) is 10.9. The molecule has 0 fully saturated rings. The molecule has 3 N–H and O–H groups in total. The zero-order valence-electron chi connectivity index (χ0n) is 16.8. The first kappa shape index (κ1) is 24.2. The molecule has 0 bridgehead atoms. The fraction of sp³-hybridized carbons (Fsp3) is 0.300. The summed E-state index contributed by atoms with van der Waals surface area (Å²) in [5.41, 5.74) is 1.15. The summed E-state index contributed by atoms with van der Waals surface area (Å²) in [4.78, 5) is 24.6. The Hall–Kier alpha value is -3.08. The van der Waals surface area contributed by atoms with Crippen LogP contribution in [0.4, 0.5) is 24.5 Å². The van der Waals surface area contributed by atoms with Crippen LogP contribution < -0.4 is 15.4 Å². The van der Waals surface area contributed by atoms with Crippen LogP contribution in [0.3, 0.4) is 0 Å². The number of carbonyl (C=O) groups is 2. The van der Waals surface area contributed by atoms with Crippen LogP contribution in [-0.4, -0.2) is 38.7 Å². The van der Waals surface area contributed by atoms with E-state index in [1.54, 1.807) is 19.2 Å². The van der Waals surface area contributed by atoms with Crippen LogP contribution in [0.5, 0.6) is 0 Å². The molecule has 0 heterocycles. The van der Waals surface area contributed by atoms with Gasteiger partial charge in [0.05, 0.1) is 5.75 Å². The van der Waals surface area contributed by atoms with Gasteiger partial charge in [-0.25, -0.2) is 8.42 Å². The Bertz CT molecular complexity index is 1070. The van der Waals surface area contributed by atoms with Gasteiger partial charge in [-0.3, -0.25) is 14.3 Å². The molecule has 168 valence electrons. The Balaban J connectivity index is 2.17. The van der Waals surface area contributed by atoms with Crippen molar-refractivity contribution in [3.8, 4) is 0 Å². The Kier molecular flexibility index (Phi) is 7.66. The fourth-order valence-corrected chi connectivity index (χ4v) is 3.72. The van der Waals surface area contributed by atoms with E-state index in [-0.39, 0.29) is 28.3 Å². The van der Waals surface area contributed by atoms with Crippen molar-refractivity contribution < 1.29 is 31.2 Å². The van der Waals surface area contributed by atoms with E-state index >= 15 is 0 Å². The smallest absolute Gasteiger partial charge is 0.343 e. The van der Waals surface area contributed by atoms with Crippen LogP contribution in [0.15, 0.2) is 42.5 Å². The van der Waals surface area contributed by atoms with E-state index in [2.05, 4.69) is 10.0 Å². The highest BCUT2D eigenvalue weighted by Gasteiger charge is 2.28. The van der Waals surface area contributed by atoms with Crippen molar-refractivity contribution in [3.05, 3.63) is 59.2 Å². The number of sulfonamides is 1. The number of anilines is 2. The van der Waals surface area contributed by atoms with Crippen molar-refractivity contribution in [3.63, 3.8) is 0 Å². The van der Waals surface area contributed by atoms with Gasteiger partial charge in [-0.2, -0.15) is 13.2 Å². The van der Waals surface area contributed by atoms with Crippen LogP contribution in [0.2, 0.25) is 0 Å². The minimum Gasteiger partial charge on any atom is -0.343 e. The maximum Gasteiger partial charge on any atom is 0.405 e. The van der Waals surface area contributed by atoms with E-state index in [0.29, 0.717) is 12.0 Å². The maximum absolute atomic E-state index is 12.6. The van der Waals surface area contributed by atoms with Gasteiger partial charge in [0.1, 0.15) is 6.54 Å². The Labute approximate surface area is 178 Å². The maximum atomic E-state index is 12.6. The average Bonchev–Trinajstić information content (AvgIpc) is 2.67. The molecule has 0 spiro atoms. The number of amides is 2. The van der Waals surface area contributed by atoms with Crippen LogP contribution in [0, 0.1) is 6.92 Å². The van der Waals surface area contributed by atoms with Crippen LogP contribution >= 0.6 is 0 Å². The normalized spacial score (nSPS) is 11.6. The predicted molar refractivity (Wildman–Crippen MR) is 112 cm³/mol. The minimum absolute atomic E-state index is 0.0498. The molecule has 31 heavy (non-hydrogen) atoms. The van der Waals surface area contributed by atoms with Gasteiger partial charge in [-0.05, 0) is 49.2 Å². The number of alkyl halides is 3. The lowest BCUT2D eigenvalue weighted by Crippen LogP contribution is -2.33. The first-order valence-electron chi connectivity index (χ1n) is 9.27. The lowest BCUT2D eigenvalue weighted by Gasteiger charge is -2.13. The molecular formula is C20H22F3N3O4S. The van der Waals surface area contributed by atoms with Gasteiger partial charge in [-0.15, -0.1) is 0 Å². The van der Waals surface area contributed by atoms with Crippen molar-refractivity contribution in [1.82, 2.24) is 5.32 Å². The summed E-state index contributed by atoms with van der Waals surface area (Å²) in [6.45, 7) is 1.91. The number of carbonyl (C=O) groups excluding carboxylic acids is 2. The molecule has 0 atom stereocenters. The second kappa shape index (κ2) is 9.82. The van der Waals surface area contributed by atoms with Gasteiger partial charge in [0, 0.05) is 22.5 Å². The van der Waals surface area contributed by atoms with Crippen molar-refractivity contribution >= 4 is 33.2 Å². The summed E-state index contributed by atoms with van der Waals surface area (Å²) >= 11 is 0. The zero-order valence-corrected chi connectivity index (χ0v) is 17.7. The second-order valence-corrected chi connectivity index (χ2v) is 8.63. The molecule has 0 aliphatic heterocycles. The fourth-order valence-electron chi connectivity index (χ4n) is 2.60. The summed E-state index contributed by atoms with van der Waals surface area (Å²) in [6, 6.07) is 9.95. The Morgan fingerprint density at radius 2 is 1.68 bits per heavy atom. The monoisotopic (exact) mass is 457 g/mol. The topological polar surface area (TPSA) is 104 Å². The largest absolute Gasteiger partial charge is 0.405 e. The molecule has 7 nitrogen and oxygen atoms in total. The molecule has 0 aliphatic rings. The molecule has 0 radical (unpaired) electrons. The molecule has 0 aliphatic carbocycles. The molecule has 0 saturated carbocycles. The van der Waals surface area contributed by atoms with Crippen molar-refractivity contribution in [2.45, 2.75) is 26.4 Å². The summed E-state index contributed by atoms with van der Waals surface area (Å²) < 4.78 is 63.1. The van der Waals surface area contributed by atoms with Crippen molar-refractivity contribution in [1.29, 1.82) is 0 Å². The van der Waals surface area contributed by atoms with Gasteiger partial charge in [0.25, 0.3) is 11.8 Å². The number of rotatable bonds is 8. The predicted octanol–water partition coefficient (Wildman–Crippen LogP) is 3.69. The lowest BCUT2D eigenvalue weighted by atomic mass is 10.1. The standard InChI is InChI=1S/C20H22F3N3O4S/c1-3-9-31(29,30)26-16-6-4-5-14(10-16)19(28)25-17-11-15(8-7-13(17)2)18(27)24-12-20(21,22)23/h4-8,10-11,26H,3,9,12H2,1-2H3,(H,24,27)(H,25,28). The summed E-state index contributed by atoms with van der Waals surface area (Å²) in [5, 5.41) is 4.36. The van der Waals surface area contributed by atoms with Crippen molar-refractivity contribution in [2.75, 3.05) is 22.3 Å². The van der Waals surface area contributed by atoms with Crippen LogP contribution in [0.25, 0.3) is 0 Å². The van der Waals surface area contributed by atoms with E-state index in [4.69, 9.17) is 0 Å². The summed E-state index contributed by atoms with van der Waals surface area (Å²) in [7, 11) is -3.53. The second-order valence-electron chi connectivity index (χ2n) is 6.78. The molecular weight excluding hydrogens is 435 g/mol. The zero-order chi connectivity index (χ0) is 23.2. The summed E-state index contributed by atoms with van der Waals surface area (Å²) in [6.07, 6.45) is -4.11. The highest BCUT2D eigenvalue weighted by atomic mass is 32.2. The quantitative estimate of drug-likeness (QED) is 0.562. The van der Waals surface area contributed by atoms with Crippen molar-refractivity contribution in [2.24, 2.45) is 0 Å². The minimum atomic E-state index is -4.54. The number of hydrogen-bond acceptors (Lipinski definition) is 4. The molecule has 2 aromatic carbocycles. The van der Waals surface area contributed by atoms with Gasteiger partial charge < -0.3 is 10.6 Å². The number of aryl methyl sites for hydroxylation is 1. The third-order valence-electron chi connectivity index (χ3n) is 4.07. The SMILES string of the molecule is CCCS(=O)(=O)Nc1cccc(C(=O)Nc2cc(C(=O)NCC(F)(F)F)ccc2C)c1. The van der Waals surface area contributed by atoms with Gasteiger partial charge >= 0.3 is 6.18 Å². The molecule has 0 saturated heterocycles. The molecule has 0 unspecified atom stereocenters. The summed E-state index contributed by atoms with van der Waals surface area (Å²) in [5.74, 6) is -1.57. The van der Waals surface area contributed by atoms with Crippen LogP contribution in [-0.2, 0) is 10.0 Å². The molecule has 2 aromatic rings. The number of halogens is 3. The van der Waals surface area contributed by atoms with Gasteiger partial charge in [0.2, 0.25) is 10.0 Å². The number of benzene rings is 2. The van der Waals surface area contributed by atoms with E-state index < -0.39 is 34.6 Å². The van der Waals surface area contributed by atoms with Gasteiger partial charge in [-0.1, -0.05) is 19.1 Å². The van der Waals surface area contributed by atoms with E-state index in [1.807, 2.05) is 0 Å². The third-order valence-corrected chi connectivity index (χ3v) is 5.56. The number of nitrogens with one attached hydrogen (secondary N) is 3. The highest BCUT2D eigenvalue weighted by molar-refractivity contribution is 7.92. The lowest BCUT2D eigenvalue weighted by molar-refractivity contribution is -0.123. The highest BCUT2D eigenvalue weighted by Crippen LogP contribution is 2.20. The molecule has 0 aromatic heterocycles. The molecule has 2 amide bonds. The Morgan fingerprint density at radius 3 is 2.32 bits per heavy atom. The average molecular weight is 457 g/mol. The third kappa shape index (κ3) is 7.59. The molecule has 2 rings (SSSR count). The van der Waals surface area contributed by atoms with E-state index in [1.165, 1.54) is 42.5 Å².